The van der Waals surface area contributed by atoms with E-state index >= 15 is 0 Å². The van der Waals surface area contributed by atoms with Crippen LogP contribution in [0.1, 0.15) is 59.5 Å². The van der Waals surface area contributed by atoms with Crippen molar-refractivity contribution in [2.45, 2.75) is 48.2 Å². The lowest BCUT2D eigenvalue weighted by atomic mass is 9.89. The molecular weight excluding hydrogens is 1160 g/mol. The van der Waals surface area contributed by atoms with Crippen molar-refractivity contribution in [3.05, 3.63) is 82.4 Å². The molecule has 2 fully saturated rings. The van der Waals surface area contributed by atoms with Crippen molar-refractivity contribution >= 4 is 58.2 Å². The van der Waals surface area contributed by atoms with Gasteiger partial charge in [0.1, 0.15) is 45.6 Å². The average molecular weight is 1200 g/mol. The fourth-order valence-corrected chi connectivity index (χ4v) is 10.3. The Kier molecular flexibility index (Phi) is 13.7. The molecule has 6 aromatic rings. The van der Waals surface area contributed by atoms with Gasteiger partial charge in [-0.1, -0.05) is 0 Å². The Hall–Kier alpha value is -10.3. The van der Waals surface area contributed by atoms with Gasteiger partial charge in [0.15, 0.2) is 64.2 Å². The zero-order chi connectivity index (χ0) is 63.0. The summed E-state index contributed by atoms with van der Waals surface area (Å²) < 4.78 is 18.0. The average Bonchev–Trinajstić information content (AvgIpc) is 0.928. The number of primary amides is 2. The van der Waals surface area contributed by atoms with Gasteiger partial charge in [0.2, 0.25) is 23.3 Å². The molecule has 2 aromatic heterocycles. The first-order valence-corrected chi connectivity index (χ1v) is 24.8. The lowest BCUT2D eigenvalue weighted by molar-refractivity contribution is -0.440. The van der Waals surface area contributed by atoms with Crippen LogP contribution in [-0.4, -0.2) is 211 Å². The van der Waals surface area contributed by atoms with Crippen molar-refractivity contribution in [2.24, 2.45) is 11.5 Å². The lowest BCUT2D eigenvalue weighted by Gasteiger charge is -2.49. The van der Waals surface area contributed by atoms with E-state index in [2.05, 4.69) is 10.2 Å². The summed E-state index contributed by atoms with van der Waals surface area (Å²) in [4.78, 5) is 81.5. The van der Waals surface area contributed by atoms with Gasteiger partial charge in [-0.15, -0.1) is 0 Å². The minimum atomic E-state index is -4.47. The van der Waals surface area contributed by atoms with Crippen LogP contribution in [0.25, 0.3) is 11.4 Å². The number of benzene rings is 4. The van der Waals surface area contributed by atoms with Crippen LogP contribution in [0.4, 0.5) is 22.7 Å². The normalized spacial score (nSPS) is 19.6. The molecule has 4 aliphatic rings. The number of rotatable bonds is 13. The van der Waals surface area contributed by atoms with Gasteiger partial charge in [0.05, 0.1) is 38.0 Å². The minimum absolute atomic E-state index is 0.0686. The molecule has 4 aliphatic heterocycles. The summed E-state index contributed by atoms with van der Waals surface area (Å²) in [5.74, 6) is -39.1. The molecule has 0 bridgehead atoms. The number of aromatic nitrogens is 4. The first kappa shape index (κ1) is 58.9. The fourth-order valence-electron chi connectivity index (χ4n) is 10.3. The van der Waals surface area contributed by atoms with E-state index in [-0.39, 0.29) is 57.4 Å². The molecule has 0 radical (unpaired) electrons. The van der Waals surface area contributed by atoms with E-state index in [1.165, 1.54) is 55.6 Å². The van der Waals surface area contributed by atoms with Crippen molar-refractivity contribution in [1.82, 2.24) is 19.6 Å². The molecule has 21 N–H and O–H groups in total. The van der Waals surface area contributed by atoms with Gasteiger partial charge in [-0.2, -0.15) is 10.2 Å². The van der Waals surface area contributed by atoms with Gasteiger partial charge in [-0.05, 0) is 61.4 Å². The van der Waals surface area contributed by atoms with E-state index in [0.717, 1.165) is 14.3 Å². The molecule has 10 rings (SSSR count). The van der Waals surface area contributed by atoms with E-state index < -0.39 is 184 Å². The highest BCUT2D eigenvalue weighted by atomic mass is 16.7. The molecule has 454 valence electrons. The van der Waals surface area contributed by atoms with Gasteiger partial charge >= 0.3 is 5.79 Å². The van der Waals surface area contributed by atoms with Crippen LogP contribution < -0.4 is 40.5 Å². The highest BCUT2D eigenvalue weighted by Crippen LogP contribution is 2.59. The molecule has 1 unspecified atom stereocenters. The Morgan fingerprint density at radius 1 is 0.535 bits per heavy atom. The van der Waals surface area contributed by atoms with Gasteiger partial charge in [-0.3, -0.25) is 48.4 Å². The second kappa shape index (κ2) is 19.9. The number of hydrogen-bond acceptors (Lipinski definition) is 28. The summed E-state index contributed by atoms with van der Waals surface area (Å²) in [6, 6.07) is 10.8. The number of hydrogen-bond donors (Lipinski definition) is 19. The van der Waals surface area contributed by atoms with E-state index in [9.17, 15) is 116 Å². The Bertz CT molecular complexity index is 3860. The zero-order valence-electron chi connectivity index (χ0n) is 43.8. The number of aliphatic hydroxyl groups is 9. The largest absolute Gasteiger partial charge is 0.503 e. The molecule has 6 amide bonds. The van der Waals surface area contributed by atoms with Crippen LogP contribution in [-0.2, 0) is 27.2 Å². The zero-order valence-corrected chi connectivity index (χ0v) is 43.8. The van der Waals surface area contributed by atoms with Gasteiger partial charge in [0.25, 0.3) is 35.3 Å². The number of fused-ring (bicyclic) bond motifs is 2. The van der Waals surface area contributed by atoms with Crippen LogP contribution >= 0.6 is 0 Å². The molecule has 4 aromatic carbocycles. The van der Waals surface area contributed by atoms with Crippen LogP contribution in [0.15, 0.2) is 48.5 Å². The number of methoxy groups -OCH3 is 1. The third-order valence-corrected chi connectivity index (χ3v) is 14.9. The monoisotopic (exact) mass is 1200 g/mol. The second-order valence-electron chi connectivity index (χ2n) is 19.9. The molecule has 2 saturated heterocycles. The molecule has 36 nitrogen and oxygen atoms in total. The number of amides is 6. The number of piperidine rings is 2. The predicted octanol–water partition coefficient (Wildman–Crippen LogP) is -5.14. The summed E-state index contributed by atoms with van der Waals surface area (Å²) in [7, 11) is 1.41. The Labute approximate surface area is 477 Å². The van der Waals surface area contributed by atoms with Crippen molar-refractivity contribution in [1.29, 1.82) is 0 Å². The van der Waals surface area contributed by atoms with Crippen LogP contribution in [0.2, 0.25) is 0 Å². The summed E-state index contributed by atoms with van der Waals surface area (Å²) >= 11 is 0. The summed E-state index contributed by atoms with van der Waals surface area (Å²) in [5, 5.41) is 193. The van der Waals surface area contributed by atoms with E-state index in [1.54, 1.807) is 0 Å². The standard InChI is InChI=1S/C50H48N10O26/c1-84-20-6-2-18(3-7-20)59-27-22(25(53-59)41(51)70)10-12-55(43(27)72)29-33(62)37(66)31(38(67)34(29)63)57-16-48(79,46(75,76)14-24(57)61)86-17-85-21-8-4-19(5-9-21)60-28-23(26(54-60)42(52)71)11-13-56(44(28)73)30-35(64)39(68)32(40(69)36(30)65)58-15-47(77,78)50(82,83)49(80,81)45(58)74/h2-9,62-69,75-83H,10-17H2,1H3,(H2,51,70)(H2,52,71). The highest BCUT2D eigenvalue weighted by molar-refractivity contribution is 6.14. The Morgan fingerprint density at radius 3 is 1.31 bits per heavy atom. The fraction of sp³-hybridized carbons (Fsp3) is 0.280. The number of aromatic hydroxyl groups is 8. The number of carbonyl (C=O) groups excluding carboxylic acids is 6. The molecule has 0 spiro atoms. The summed E-state index contributed by atoms with van der Waals surface area (Å²) in [5.41, 5.74) is 5.28. The molecule has 86 heavy (non-hydrogen) atoms. The van der Waals surface area contributed by atoms with Crippen LogP contribution in [0.3, 0.4) is 0 Å². The van der Waals surface area contributed by atoms with Crippen molar-refractivity contribution in [3.8, 4) is 68.9 Å². The maximum Gasteiger partial charge on any atom is 0.306 e. The number of nitrogens with two attached hydrogens (primary N) is 2. The number of carbonyl (C=O) groups is 6. The Morgan fingerprint density at radius 2 is 0.919 bits per heavy atom. The van der Waals surface area contributed by atoms with Crippen LogP contribution in [0, 0.1) is 0 Å². The molecular formula is C50H48N10O26. The first-order valence-electron chi connectivity index (χ1n) is 24.8. The molecule has 0 aliphatic carbocycles. The predicted molar refractivity (Wildman–Crippen MR) is 277 cm³/mol. The maximum absolute atomic E-state index is 14.4. The van der Waals surface area contributed by atoms with Gasteiger partial charge in [0, 0.05) is 24.2 Å². The number of β-amino-alcohol motifs (C(OH)–C–C–N with tert-alkyl or cyclic N) is 3. The summed E-state index contributed by atoms with van der Waals surface area (Å²) in [6.45, 7) is -5.27. The number of nitrogens with zero attached hydrogens (tertiary/aromatic N) is 8. The van der Waals surface area contributed by atoms with Crippen molar-refractivity contribution in [3.63, 3.8) is 0 Å². The second-order valence-corrected chi connectivity index (χ2v) is 19.9. The number of phenolic OH excluding ortho intramolecular Hbond substituents is 8. The Balaban J connectivity index is 0.879. The lowest BCUT2D eigenvalue weighted by Crippen LogP contribution is -2.80. The third kappa shape index (κ3) is 8.62. The molecule has 1 atom stereocenters. The van der Waals surface area contributed by atoms with E-state index in [0.29, 0.717) is 15.5 Å². The van der Waals surface area contributed by atoms with Crippen molar-refractivity contribution < 1.29 is 130 Å². The van der Waals surface area contributed by atoms with Crippen molar-refractivity contribution in [2.75, 3.05) is 59.7 Å². The smallest absolute Gasteiger partial charge is 0.306 e. The molecule has 0 saturated carbocycles. The number of ether oxygens (including phenoxy) is 3. The first-order chi connectivity index (χ1) is 40.1. The summed E-state index contributed by atoms with van der Waals surface area (Å²) in [6.07, 6.45) is -1.98. The van der Waals surface area contributed by atoms with Crippen LogP contribution in [0.5, 0.6) is 57.5 Å². The van der Waals surface area contributed by atoms with Gasteiger partial charge < -0.3 is 112 Å². The highest BCUT2D eigenvalue weighted by Gasteiger charge is 2.71. The number of phenols is 8. The molecule has 6 heterocycles. The topological polar surface area (TPSA) is 575 Å². The van der Waals surface area contributed by atoms with E-state index in [1.807, 2.05) is 0 Å². The minimum Gasteiger partial charge on any atom is -0.503 e. The third-order valence-electron chi connectivity index (χ3n) is 14.9. The maximum atomic E-state index is 14.4. The number of anilines is 4. The quantitative estimate of drug-likeness (QED) is 0.0292. The molecule has 36 heteroatoms. The van der Waals surface area contributed by atoms with E-state index in [4.69, 9.17) is 25.7 Å². The van der Waals surface area contributed by atoms with Gasteiger partial charge in [-0.25, -0.2) is 9.36 Å². The SMILES string of the molecule is COc1ccc(-n2nc(C(N)=O)c3c2C(=O)N(c2c(O)c(O)c(N4CC(O)(OCOc5ccc(-n6nc(C(N)=O)c7c6C(=O)N(c6c(O)c(O)c(N8CC(O)(O)C(O)(O)C(O)(O)C8=O)c(O)c6O)CC7)cc5)C(O)(O)CC4=O)c(O)c2O)CC3)cc1.